The summed E-state index contributed by atoms with van der Waals surface area (Å²) in [7, 11) is 0. The van der Waals surface area contributed by atoms with Crippen LogP contribution >= 0.6 is 0 Å². The third-order valence-corrected chi connectivity index (χ3v) is 2.64. The number of rotatable bonds is 3. The quantitative estimate of drug-likeness (QED) is 0.873. The number of aromatic nitrogens is 1. The van der Waals surface area contributed by atoms with Crippen LogP contribution in [-0.2, 0) is 6.54 Å². The molecule has 2 rings (SSSR count). The molecular weight excluding hydrogens is 215 g/mol. The molecule has 0 amide bonds. The van der Waals surface area contributed by atoms with Crippen molar-refractivity contribution >= 4 is 5.69 Å². The van der Waals surface area contributed by atoms with Crippen LogP contribution in [0.2, 0.25) is 0 Å². The molecule has 3 heteroatoms. The molecule has 0 bridgehead atoms. The van der Waals surface area contributed by atoms with E-state index in [9.17, 15) is 4.39 Å². The van der Waals surface area contributed by atoms with E-state index in [2.05, 4.69) is 10.3 Å². The zero-order valence-electron chi connectivity index (χ0n) is 10.00. The SMILES string of the molecule is Cc1ccc(CNc2ccc(C)c(F)c2)cn1. The maximum absolute atomic E-state index is 13.3. The topological polar surface area (TPSA) is 24.9 Å². The van der Waals surface area contributed by atoms with Crippen molar-refractivity contribution in [3.63, 3.8) is 0 Å². The first-order chi connectivity index (χ1) is 8.15. The van der Waals surface area contributed by atoms with E-state index in [0.29, 0.717) is 12.1 Å². The van der Waals surface area contributed by atoms with Gasteiger partial charge in [0.05, 0.1) is 0 Å². The van der Waals surface area contributed by atoms with Crippen molar-refractivity contribution in [1.29, 1.82) is 0 Å². The molecule has 0 radical (unpaired) electrons. The molecule has 0 atom stereocenters. The fourth-order valence-corrected chi connectivity index (χ4v) is 1.51. The fraction of sp³-hybridized carbons (Fsp3) is 0.214. The van der Waals surface area contributed by atoms with Crippen LogP contribution in [0.4, 0.5) is 10.1 Å². The van der Waals surface area contributed by atoms with Gasteiger partial charge in [-0.1, -0.05) is 12.1 Å². The van der Waals surface area contributed by atoms with Crippen LogP contribution in [0.25, 0.3) is 0 Å². The molecule has 88 valence electrons. The molecule has 1 aromatic heterocycles. The summed E-state index contributed by atoms with van der Waals surface area (Å²) in [5, 5.41) is 3.17. The van der Waals surface area contributed by atoms with E-state index in [4.69, 9.17) is 0 Å². The molecule has 0 fully saturated rings. The minimum Gasteiger partial charge on any atom is -0.381 e. The average molecular weight is 230 g/mol. The highest BCUT2D eigenvalue weighted by Crippen LogP contribution is 2.14. The maximum Gasteiger partial charge on any atom is 0.128 e. The summed E-state index contributed by atoms with van der Waals surface area (Å²) in [6.45, 7) is 4.35. The Kier molecular flexibility index (Phi) is 3.38. The van der Waals surface area contributed by atoms with Crippen molar-refractivity contribution < 1.29 is 4.39 Å². The monoisotopic (exact) mass is 230 g/mol. The lowest BCUT2D eigenvalue weighted by atomic mass is 10.2. The smallest absolute Gasteiger partial charge is 0.128 e. The Morgan fingerprint density at radius 3 is 2.65 bits per heavy atom. The Labute approximate surface area is 101 Å². The predicted octanol–water partition coefficient (Wildman–Crippen LogP) is 3.45. The van der Waals surface area contributed by atoms with Crippen LogP contribution in [0, 0.1) is 19.7 Å². The molecule has 17 heavy (non-hydrogen) atoms. The lowest BCUT2D eigenvalue weighted by molar-refractivity contribution is 0.619. The first-order valence-electron chi connectivity index (χ1n) is 5.57. The van der Waals surface area contributed by atoms with E-state index >= 15 is 0 Å². The number of hydrogen-bond donors (Lipinski definition) is 1. The molecule has 0 aliphatic carbocycles. The Morgan fingerprint density at radius 1 is 1.18 bits per heavy atom. The lowest BCUT2D eigenvalue weighted by Crippen LogP contribution is -2.00. The van der Waals surface area contributed by atoms with Gasteiger partial charge in [-0.05, 0) is 43.2 Å². The van der Waals surface area contributed by atoms with E-state index in [0.717, 1.165) is 16.9 Å². The molecule has 0 saturated heterocycles. The normalized spacial score (nSPS) is 10.3. The average Bonchev–Trinajstić information content (AvgIpc) is 2.33. The first kappa shape index (κ1) is 11.6. The van der Waals surface area contributed by atoms with Crippen molar-refractivity contribution in [2.24, 2.45) is 0 Å². The summed E-state index contributed by atoms with van der Waals surface area (Å²) < 4.78 is 13.3. The number of halogens is 1. The predicted molar refractivity (Wildman–Crippen MR) is 67.4 cm³/mol. The number of nitrogens with one attached hydrogen (secondary N) is 1. The number of hydrogen-bond acceptors (Lipinski definition) is 2. The van der Waals surface area contributed by atoms with E-state index in [1.165, 1.54) is 6.07 Å². The third-order valence-electron chi connectivity index (χ3n) is 2.64. The zero-order chi connectivity index (χ0) is 12.3. The first-order valence-corrected chi connectivity index (χ1v) is 5.57. The molecule has 1 heterocycles. The lowest BCUT2D eigenvalue weighted by Gasteiger charge is -2.07. The molecule has 0 aliphatic heterocycles. The molecule has 0 saturated carbocycles. The highest BCUT2D eigenvalue weighted by Gasteiger charge is 1.99. The van der Waals surface area contributed by atoms with Gasteiger partial charge < -0.3 is 5.32 Å². The van der Waals surface area contributed by atoms with Gasteiger partial charge >= 0.3 is 0 Å². The van der Waals surface area contributed by atoms with Gasteiger partial charge in [0.1, 0.15) is 5.82 Å². The largest absolute Gasteiger partial charge is 0.381 e. The second-order valence-electron chi connectivity index (χ2n) is 4.13. The van der Waals surface area contributed by atoms with Crippen LogP contribution in [0.5, 0.6) is 0 Å². The number of benzene rings is 1. The summed E-state index contributed by atoms with van der Waals surface area (Å²) in [4.78, 5) is 4.21. The van der Waals surface area contributed by atoms with Crippen molar-refractivity contribution in [3.8, 4) is 0 Å². The Balaban J connectivity index is 2.02. The van der Waals surface area contributed by atoms with Crippen LogP contribution < -0.4 is 5.32 Å². The second-order valence-corrected chi connectivity index (χ2v) is 4.13. The highest BCUT2D eigenvalue weighted by molar-refractivity contribution is 5.45. The molecule has 2 aromatic rings. The molecule has 1 aromatic carbocycles. The van der Waals surface area contributed by atoms with Gasteiger partial charge in [0, 0.05) is 24.1 Å². The van der Waals surface area contributed by atoms with E-state index < -0.39 is 0 Å². The van der Waals surface area contributed by atoms with Gasteiger partial charge in [0.25, 0.3) is 0 Å². The van der Waals surface area contributed by atoms with Crippen molar-refractivity contribution in [1.82, 2.24) is 4.98 Å². The molecule has 0 unspecified atom stereocenters. The van der Waals surface area contributed by atoms with Gasteiger partial charge in [0.2, 0.25) is 0 Å². The van der Waals surface area contributed by atoms with Gasteiger partial charge in [-0.25, -0.2) is 4.39 Å². The Morgan fingerprint density at radius 2 is 2.00 bits per heavy atom. The number of nitrogens with zero attached hydrogens (tertiary/aromatic N) is 1. The van der Waals surface area contributed by atoms with Crippen LogP contribution in [0.15, 0.2) is 36.5 Å². The van der Waals surface area contributed by atoms with Crippen LogP contribution in [0.1, 0.15) is 16.8 Å². The summed E-state index contributed by atoms with van der Waals surface area (Å²) in [5.41, 5.74) is 3.52. The number of aryl methyl sites for hydroxylation is 2. The minimum absolute atomic E-state index is 0.183. The fourth-order valence-electron chi connectivity index (χ4n) is 1.51. The van der Waals surface area contributed by atoms with Crippen molar-refractivity contribution in [2.45, 2.75) is 20.4 Å². The zero-order valence-corrected chi connectivity index (χ0v) is 10.00. The second kappa shape index (κ2) is 4.95. The van der Waals surface area contributed by atoms with E-state index in [1.54, 1.807) is 13.0 Å². The van der Waals surface area contributed by atoms with Gasteiger partial charge in [0.15, 0.2) is 0 Å². The summed E-state index contributed by atoms with van der Waals surface area (Å²) in [6, 6.07) is 9.13. The van der Waals surface area contributed by atoms with Gasteiger partial charge in [-0.3, -0.25) is 4.98 Å². The molecule has 0 aliphatic rings. The van der Waals surface area contributed by atoms with Gasteiger partial charge in [-0.15, -0.1) is 0 Å². The minimum atomic E-state index is -0.183. The van der Waals surface area contributed by atoms with Crippen molar-refractivity contribution in [2.75, 3.05) is 5.32 Å². The van der Waals surface area contributed by atoms with Gasteiger partial charge in [-0.2, -0.15) is 0 Å². The number of pyridine rings is 1. The third kappa shape index (κ3) is 3.03. The summed E-state index contributed by atoms with van der Waals surface area (Å²) in [5.74, 6) is -0.183. The van der Waals surface area contributed by atoms with Crippen LogP contribution in [0.3, 0.4) is 0 Å². The molecule has 0 spiro atoms. The number of anilines is 1. The maximum atomic E-state index is 13.3. The Bertz CT molecular complexity index is 506. The summed E-state index contributed by atoms with van der Waals surface area (Å²) in [6.07, 6.45) is 1.83. The molecule has 2 nitrogen and oxygen atoms in total. The van der Waals surface area contributed by atoms with Crippen LogP contribution in [-0.4, -0.2) is 4.98 Å². The summed E-state index contributed by atoms with van der Waals surface area (Å²) >= 11 is 0. The van der Waals surface area contributed by atoms with E-state index in [1.807, 2.05) is 31.3 Å². The molecular formula is C14H15FN2. The highest BCUT2D eigenvalue weighted by atomic mass is 19.1. The van der Waals surface area contributed by atoms with Crippen molar-refractivity contribution in [3.05, 3.63) is 59.2 Å². The Hall–Kier alpha value is -1.90. The van der Waals surface area contributed by atoms with E-state index in [-0.39, 0.29) is 5.82 Å². The molecule has 1 N–H and O–H groups in total. The standard InChI is InChI=1S/C14H15FN2/c1-10-3-6-13(7-14(10)15)17-9-12-5-4-11(2)16-8-12/h3-8,17H,9H2,1-2H3.